The van der Waals surface area contributed by atoms with Crippen LogP contribution in [0.4, 0.5) is 0 Å². The highest BCUT2D eigenvalue weighted by Gasteiger charge is 2.15. The van der Waals surface area contributed by atoms with Gasteiger partial charge in [-0.2, -0.15) is 11.8 Å². The second-order valence-corrected chi connectivity index (χ2v) is 6.86. The number of hydrogen-bond donors (Lipinski definition) is 2. The van der Waals surface area contributed by atoms with E-state index in [9.17, 15) is 4.79 Å². The second kappa shape index (κ2) is 7.59. The van der Waals surface area contributed by atoms with Crippen LogP contribution in [0.2, 0.25) is 0 Å². The molecule has 0 saturated carbocycles. The van der Waals surface area contributed by atoms with Gasteiger partial charge in [0.15, 0.2) is 0 Å². The van der Waals surface area contributed by atoms with Gasteiger partial charge in [-0.15, -0.1) is 11.3 Å². The maximum Gasteiger partial charge on any atom is 0.261 e. The van der Waals surface area contributed by atoms with Crippen molar-refractivity contribution in [1.82, 2.24) is 5.32 Å². The molecule has 1 amide bonds. The van der Waals surface area contributed by atoms with Crippen LogP contribution < -0.4 is 11.1 Å². The lowest BCUT2D eigenvalue weighted by molar-refractivity contribution is 0.0957. The lowest BCUT2D eigenvalue weighted by atomic mass is 10.2. The quantitative estimate of drug-likeness (QED) is 0.839. The molecule has 1 aliphatic heterocycles. The molecule has 1 aromatic heterocycles. The highest BCUT2D eigenvalue weighted by molar-refractivity contribution is 7.99. The second-order valence-electron chi connectivity index (χ2n) is 4.37. The summed E-state index contributed by atoms with van der Waals surface area (Å²) in [7, 11) is 0. The molecule has 1 saturated heterocycles. The van der Waals surface area contributed by atoms with Crippen LogP contribution in [0.5, 0.6) is 0 Å². The number of thiophene rings is 1. The van der Waals surface area contributed by atoms with Crippen LogP contribution in [0, 0.1) is 11.8 Å². The predicted octanol–water partition coefficient (Wildman–Crippen LogP) is 2.07. The van der Waals surface area contributed by atoms with Gasteiger partial charge in [0.05, 0.1) is 16.3 Å². The highest BCUT2D eigenvalue weighted by Crippen LogP contribution is 2.24. The summed E-state index contributed by atoms with van der Waals surface area (Å²) in [6.45, 7) is 1.11. The first-order valence-electron chi connectivity index (χ1n) is 6.48. The molecule has 1 aliphatic rings. The van der Waals surface area contributed by atoms with Crippen molar-refractivity contribution < 1.29 is 4.79 Å². The number of amides is 1. The van der Waals surface area contributed by atoms with Gasteiger partial charge in [0.2, 0.25) is 0 Å². The molecule has 1 aromatic rings. The average molecular weight is 294 g/mol. The Balaban J connectivity index is 1.83. The highest BCUT2D eigenvalue weighted by atomic mass is 32.2. The molecule has 0 aromatic carbocycles. The first-order chi connectivity index (χ1) is 9.29. The molecule has 0 bridgehead atoms. The Bertz CT molecular complexity index is 481. The van der Waals surface area contributed by atoms with Gasteiger partial charge in [-0.1, -0.05) is 18.3 Å². The molecule has 0 aliphatic carbocycles. The van der Waals surface area contributed by atoms with E-state index in [2.05, 4.69) is 17.2 Å². The Hall–Kier alpha value is -0.960. The minimum atomic E-state index is 0.0111. The monoisotopic (exact) mass is 294 g/mol. The van der Waals surface area contributed by atoms with Crippen LogP contribution in [-0.2, 0) is 0 Å². The van der Waals surface area contributed by atoms with Crippen molar-refractivity contribution >= 4 is 29.0 Å². The van der Waals surface area contributed by atoms with Gasteiger partial charge in [0.1, 0.15) is 0 Å². The van der Waals surface area contributed by atoms with E-state index in [-0.39, 0.29) is 5.91 Å². The Morgan fingerprint density at radius 1 is 1.47 bits per heavy atom. The summed E-state index contributed by atoms with van der Waals surface area (Å²) in [6.07, 6.45) is 3.80. The fourth-order valence-electron chi connectivity index (χ4n) is 1.93. The first kappa shape index (κ1) is 14.4. The largest absolute Gasteiger partial charge is 0.350 e. The molecule has 0 radical (unpaired) electrons. The number of carbonyl (C=O) groups is 1. The SMILES string of the molecule is NCC#Cc1ccc(C(=O)NCC2CCCCS2)s1. The predicted molar refractivity (Wildman–Crippen MR) is 82.7 cm³/mol. The van der Waals surface area contributed by atoms with E-state index >= 15 is 0 Å². The summed E-state index contributed by atoms with van der Waals surface area (Å²) >= 11 is 3.39. The zero-order chi connectivity index (χ0) is 13.5. The lowest BCUT2D eigenvalue weighted by Crippen LogP contribution is -2.31. The molecule has 3 N–H and O–H groups in total. The summed E-state index contributed by atoms with van der Waals surface area (Å²) in [5.74, 6) is 6.97. The van der Waals surface area contributed by atoms with Crippen molar-refractivity contribution in [1.29, 1.82) is 0 Å². The number of hydrogen-bond acceptors (Lipinski definition) is 4. The number of nitrogens with two attached hydrogens (primary N) is 1. The smallest absolute Gasteiger partial charge is 0.261 e. The van der Waals surface area contributed by atoms with Crippen molar-refractivity contribution in [2.75, 3.05) is 18.8 Å². The van der Waals surface area contributed by atoms with Crippen LogP contribution in [-0.4, -0.2) is 30.0 Å². The van der Waals surface area contributed by atoms with Gasteiger partial charge >= 0.3 is 0 Å². The molecular weight excluding hydrogens is 276 g/mol. The molecule has 5 heteroatoms. The van der Waals surface area contributed by atoms with Gasteiger partial charge in [-0.3, -0.25) is 4.79 Å². The van der Waals surface area contributed by atoms with Crippen molar-refractivity contribution in [3.05, 3.63) is 21.9 Å². The molecule has 2 heterocycles. The zero-order valence-corrected chi connectivity index (χ0v) is 12.4. The van der Waals surface area contributed by atoms with Gasteiger partial charge in [0.25, 0.3) is 5.91 Å². The zero-order valence-electron chi connectivity index (χ0n) is 10.8. The van der Waals surface area contributed by atoms with Gasteiger partial charge in [0, 0.05) is 11.8 Å². The van der Waals surface area contributed by atoms with Crippen LogP contribution in [0.1, 0.15) is 33.8 Å². The third-order valence-corrected chi connectivity index (χ3v) is 5.31. The van der Waals surface area contributed by atoms with Crippen molar-refractivity contribution in [2.45, 2.75) is 24.5 Å². The maximum absolute atomic E-state index is 12.0. The topological polar surface area (TPSA) is 55.1 Å². The van der Waals surface area contributed by atoms with E-state index in [0.717, 1.165) is 16.3 Å². The maximum atomic E-state index is 12.0. The number of rotatable bonds is 3. The number of carbonyl (C=O) groups excluding carboxylic acids is 1. The van der Waals surface area contributed by atoms with E-state index in [1.54, 1.807) is 0 Å². The van der Waals surface area contributed by atoms with Gasteiger partial charge < -0.3 is 11.1 Å². The van der Waals surface area contributed by atoms with Crippen LogP contribution in [0.3, 0.4) is 0 Å². The third kappa shape index (κ3) is 4.57. The van der Waals surface area contributed by atoms with Crippen molar-refractivity contribution in [3.63, 3.8) is 0 Å². The number of thioether (sulfide) groups is 1. The fourth-order valence-corrected chi connectivity index (χ4v) is 3.96. The van der Waals surface area contributed by atoms with Crippen molar-refractivity contribution in [2.24, 2.45) is 5.73 Å². The fraction of sp³-hybridized carbons (Fsp3) is 0.500. The Kier molecular flexibility index (Phi) is 5.77. The number of nitrogens with one attached hydrogen (secondary N) is 1. The minimum Gasteiger partial charge on any atom is -0.350 e. The van der Waals surface area contributed by atoms with Crippen LogP contribution in [0.25, 0.3) is 0 Å². The van der Waals surface area contributed by atoms with Crippen LogP contribution in [0.15, 0.2) is 12.1 Å². The lowest BCUT2D eigenvalue weighted by Gasteiger charge is -2.21. The summed E-state index contributed by atoms with van der Waals surface area (Å²) in [6, 6.07) is 3.70. The Morgan fingerprint density at radius 2 is 2.37 bits per heavy atom. The molecule has 1 fully saturated rings. The average Bonchev–Trinajstić information content (AvgIpc) is 2.92. The van der Waals surface area contributed by atoms with E-state index in [1.807, 2.05) is 23.9 Å². The molecule has 3 nitrogen and oxygen atoms in total. The molecule has 102 valence electrons. The van der Waals surface area contributed by atoms with E-state index in [0.29, 0.717) is 11.8 Å². The molecule has 2 rings (SSSR count). The molecule has 19 heavy (non-hydrogen) atoms. The van der Waals surface area contributed by atoms with E-state index < -0.39 is 0 Å². The van der Waals surface area contributed by atoms with E-state index in [1.165, 1.54) is 36.4 Å². The molecule has 1 unspecified atom stereocenters. The summed E-state index contributed by atoms with van der Waals surface area (Å²) in [4.78, 5) is 13.6. The summed E-state index contributed by atoms with van der Waals surface area (Å²) in [5.41, 5.74) is 5.32. The van der Waals surface area contributed by atoms with Crippen molar-refractivity contribution in [3.8, 4) is 11.8 Å². The minimum absolute atomic E-state index is 0.0111. The third-order valence-electron chi connectivity index (χ3n) is 2.91. The molecule has 1 atom stereocenters. The molecule has 0 spiro atoms. The Morgan fingerprint density at radius 3 is 3.11 bits per heavy atom. The summed E-state index contributed by atoms with van der Waals surface area (Å²) < 4.78 is 0. The van der Waals surface area contributed by atoms with Crippen LogP contribution >= 0.6 is 23.1 Å². The Labute approximate surface area is 122 Å². The molecular formula is C14H18N2OS2. The van der Waals surface area contributed by atoms with Gasteiger partial charge in [-0.25, -0.2) is 0 Å². The van der Waals surface area contributed by atoms with Gasteiger partial charge in [-0.05, 0) is 30.7 Å². The van der Waals surface area contributed by atoms with E-state index in [4.69, 9.17) is 5.73 Å². The first-order valence-corrected chi connectivity index (χ1v) is 8.34. The standard InChI is InChI=1S/C14H18N2OS2/c15-8-3-5-11-6-7-13(19-11)14(17)16-10-12-4-1-2-9-18-12/h6-7,12H,1-2,4,8-10,15H2,(H,16,17). The summed E-state index contributed by atoms with van der Waals surface area (Å²) in [5, 5.41) is 3.59. The normalized spacial score (nSPS) is 18.5.